The highest BCUT2D eigenvalue weighted by Crippen LogP contribution is 2.27. The van der Waals surface area contributed by atoms with Crippen LogP contribution in [0.1, 0.15) is 5.56 Å². The van der Waals surface area contributed by atoms with Crippen LogP contribution < -0.4 is 5.32 Å². The number of benzene rings is 1. The molecule has 0 unspecified atom stereocenters. The number of anilines is 1. The molecule has 2 N–H and O–H groups in total. The van der Waals surface area contributed by atoms with Crippen LogP contribution in [-0.4, -0.2) is 10.9 Å². The van der Waals surface area contributed by atoms with E-state index >= 15 is 0 Å². The summed E-state index contributed by atoms with van der Waals surface area (Å²) in [6, 6.07) is 10.0. The van der Waals surface area contributed by atoms with E-state index in [1.165, 1.54) is 0 Å². The highest BCUT2D eigenvalue weighted by Gasteiger charge is 2.17. The third-order valence-electron chi connectivity index (χ3n) is 2.64. The lowest BCUT2D eigenvalue weighted by Crippen LogP contribution is -2.03. The summed E-state index contributed by atoms with van der Waals surface area (Å²) in [4.78, 5) is 14.3. The Bertz CT molecular complexity index is 514. The van der Waals surface area contributed by atoms with Crippen LogP contribution in [0.4, 0.5) is 5.69 Å². The van der Waals surface area contributed by atoms with Crippen LogP contribution in [-0.2, 0) is 11.2 Å². The molecule has 0 atom stereocenters. The summed E-state index contributed by atoms with van der Waals surface area (Å²) in [5.74, 6) is 0.0774. The van der Waals surface area contributed by atoms with Gasteiger partial charge in [0.05, 0.1) is 6.42 Å². The molecule has 0 saturated heterocycles. The fourth-order valence-electron chi connectivity index (χ4n) is 1.91. The number of carbonyl (C=O) groups is 1. The molecule has 2 heterocycles. The lowest BCUT2D eigenvalue weighted by Gasteiger charge is -2.01. The predicted octanol–water partition coefficient (Wildman–Crippen LogP) is 2.18. The summed E-state index contributed by atoms with van der Waals surface area (Å²) in [5.41, 5.74) is 4.22. The van der Waals surface area contributed by atoms with E-state index in [2.05, 4.69) is 16.4 Å². The Labute approximate surface area is 87.1 Å². The first kappa shape index (κ1) is 8.29. The molecule has 3 rings (SSSR count). The second-order valence-corrected chi connectivity index (χ2v) is 3.68. The molecule has 0 spiro atoms. The number of amides is 1. The van der Waals surface area contributed by atoms with Gasteiger partial charge in [0.2, 0.25) is 5.91 Å². The maximum absolute atomic E-state index is 11.2. The van der Waals surface area contributed by atoms with E-state index in [1.807, 2.05) is 30.5 Å². The van der Waals surface area contributed by atoms with Crippen molar-refractivity contribution in [2.45, 2.75) is 6.42 Å². The molecule has 0 saturated carbocycles. The summed E-state index contributed by atoms with van der Waals surface area (Å²) in [6.07, 6.45) is 2.38. The summed E-state index contributed by atoms with van der Waals surface area (Å²) in [6.45, 7) is 0. The van der Waals surface area contributed by atoms with Gasteiger partial charge in [0.1, 0.15) is 0 Å². The van der Waals surface area contributed by atoms with Crippen LogP contribution in [0.3, 0.4) is 0 Å². The van der Waals surface area contributed by atoms with Crippen molar-refractivity contribution in [2.75, 3.05) is 5.32 Å². The molecular weight excluding hydrogens is 188 g/mol. The molecule has 15 heavy (non-hydrogen) atoms. The Morgan fingerprint density at radius 3 is 2.93 bits per heavy atom. The van der Waals surface area contributed by atoms with Gasteiger partial charge in [-0.1, -0.05) is 6.07 Å². The lowest BCUT2D eigenvalue weighted by atomic mass is 10.1. The highest BCUT2D eigenvalue weighted by molar-refractivity contribution is 5.99. The van der Waals surface area contributed by atoms with E-state index in [9.17, 15) is 4.79 Å². The summed E-state index contributed by atoms with van der Waals surface area (Å²) in [7, 11) is 0. The van der Waals surface area contributed by atoms with Gasteiger partial charge in [0.15, 0.2) is 0 Å². The van der Waals surface area contributed by atoms with Crippen molar-refractivity contribution in [3.63, 3.8) is 0 Å². The third-order valence-corrected chi connectivity index (χ3v) is 2.64. The number of nitrogens with one attached hydrogen (secondary N) is 2. The Hall–Kier alpha value is -2.03. The average Bonchev–Trinajstić information content (AvgIpc) is 2.82. The van der Waals surface area contributed by atoms with E-state index in [-0.39, 0.29) is 5.91 Å². The van der Waals surface area contributed by atoms with Crippen molar-refractivity contribution in [3.05, 3.63) is 42.1 Å². The standard InChI is InChI=1S/C12H10N2O/c15-12-7-9-6-8(3-4-11(9)14-12)10-2-1-5-13-10/h1-6,13H,7H2,(H,14,15). The van der Waals surface area contributed by atoms with Gasteiger partial charge < -0.3 is 10.3 Å². The van der Waals surface area contributed by atoms with Gasteiger partial charge in [-0.2, -0.15) is 0 Å². The fraction of sp³-hybridized carbons (Fsp3) is 0.0833. The van der Waals surface area contributed by atoms with Crippen LogP contribution in [0.15, 0.2) is 36.5 Å². The number of carbonyl (C=O) groups excluding carboxylic acids is 1. The Kier molecular flexibility index (Phi) is 1.65. The second kappa shape index (κ2) is 2.98. The fourth-order valence-corrected chi connectivity index (χ4v) is 1.91. The average molecular weight is 198 g/mol. The summed E-state index contributed by atoms with van der Waals surface area (Å²) >= 11 is 0. The van der Waals surface area contributed by atoms with Gasteiger partial charge in [-0.3, -0.25) is 4.79 Å². The normalized spacial score (nSPS) is 13.7. The smallest absolute Gasteiger partial charge is 0.228 e. The molecule has 0 radical (unpaired) electrons. The number of hydrogen-bond acceptors (Lipinski definition) is 1. The van der Waals surface area contributed by atoms with Crippen LogP contribution in [0.5, 0.6) is 0 Å². The van der Waals surface area contributed by atoms with Crippen molar-refractivity contribution < 1.29 is 4.79 Å². The van der Waals surface area contributed by atoms with E-state index in [0.29, 0.717) is 6.42 Å². The predicted molar refractivity (Wildman–Crippen MR) is 58.6 cm³/mol. The third kappa shape index (κ3) is 1.32. The van der Waals surface area contributed by atoms with Crippen LogP contribution >= 0.6 is 0 Å². The molecular formula is C12H10N2O. The first-order valence-electron chi connectivity index (χ1n) is 4.89. The number of rotatable bonds is 1. The number of hydrogen-bond donors (Lipinski definition) is 2. The van der Waals surface area contributed by atoms with E-state index in [1.54, 1.807) is 0 Å². The minimum Gasteiger partial charge on any atom is -0.361 e. The zero-order valence-electron chi connectivity index (χ0n) is 8.08. The van der Waals surface area contributed by atoms with Crippen molar-refractivity contribution in [2.24, 2.45) is 0 Å². The lowest BCUT2D eigenvalue weighted by molar-refractivity contribution is -0.115. The van der Waals surface area contributed by atoms with Gasteiger partial charge in [-0.05, 0) is 35.4 Å². The van der Waals surface area contributed by atoms with Crippen LogP contribution in [0, 0.1) is 0 Å². The first-order valence-corrected chi connectivity index (χ1v) is 4.89. The van der Waals surface area contributed by atoms with E-state index in [0.717, 1.165) is 22.5 Å². The first-order chi connectivity index (χ1) is 7.33. The van der Waals surface area contributed by atoms with Crippen molar-refractivity contribution in [1.29, 1.82) is 0 Å². The Balaban J connectivity index is 2.07. The topological polar surface area (TPSA) is 44.9 Å². The van der Waals surface area contributed by atoms with Crippen molar-refractivity contribution >= 4 is 11.6 Å². The number of aromatic amines is 1. The zero-order chi connectivity index (χ0) is 10.3. The maximum Gasteiger partial charge on any atom is 0.228 e. The molecule has 0 fully saturated rings. The minimum atomic E-state index is 0.0774. The molecule has 1 aliphatic heterocycles. The maximum atomic E-state index is 11.2. The van der Waals surface area contributed by atoms with E-state index < -0.39 is 0 Å². The number of aromatic nitrogens is 1. The molecule has 74 valence electrons. The molecule has 1 aliphatic rings. The molecule has 0 aliphatic carbocycles. The van der Waals surface area contributed by atoms with Crippen molar-refractivity contribution in [3.8, 4) is 11.3 Å². The molecule has 0 bridgehead atoms. The Morgan fingerprint density at radius 1 is 1.20 bits per heavy atom. The molecule has 1 amide bonds. The second-order valence-electron chi connectivity index (χ2n) is 3.68. The highest BCUT2D eigenvalue weighted by atomic mass is 16.1. The van der Waals surface area contributed by atoms with Crippen molar-refractivity contribution in [1.82, 2.24) is 4.98 Å². The monoisotopic (exact) mass is 198 g/mol. The molecule has 2 aromatic rings. The van der Waals surface area contributed by atoms with Gasteiger partial charge in [0.25, 0.3) is 0 Å². The number of H-pyrrole nitrogens is 1. The van der Waals surface area contributed by atoms with Crippen LogP contribution in [0.25, 0.3) is 11.3 Å². The summed E-state index contributed by atoms with van der Waals surface area (Å²) in [5, 5.41) is 2.82. The molecule has 1 aromatic carbocycles. The van der Waals surface area contributed by atoms with Crippen LogP contribution in [0.2, 0.25) is 0 Å². The molecule has 3 heteroatoms. The zero-order valence-corrected chi connectivity index (χ0v) is 8.08. The Morgan fingerprint density at radius 2 is 2.13 bits per heavy atom. The van der Waals surface area contributed by atoms with Gasteiger partial charge in [-0.15, -0.1) is 0 Å². The van der Waals surface area contributed by atoms with Gasteiger partial charge >= 0.3 is 0 Å². The largest absolute Gasteiger partial charge is 0.361 e. The SMILES string of the molecule is O=C1Cc2cc(-c3ccc[nH]3)ccc2N1. The van der Waals surface area contributed by atoms with Gasteiger partial charge in [-0.25, -0.2) is 0 Å². The molecule has 3 nitrogen and oxygen atoms in total. The molecule has 1 aromatic heterocycles. The van der Waals surface area contributed by atoms with E-state index in [4.69, 9.17) is 0 Å². The number of fused-ring (bicyclic) bond motifs is 1. The quantitative estimate of drug-likeness (QED) is 0.724. The van der Waals surface area contributed by atoms with Gasteiger partial charge in [0, 0.05) is 17.6 Å². The minimum absolute atomic E-state index is 0.0774. The summed E-state index contributed by atoms with van der Waals surface area (Å²) < 4.78 is 0.